The van der Waals surface area contributed by atoms with Gasteiger partial charge in [0.15, 0.2) is 4.77 Å². The van der Waals surface area contributed by atoms with Crippen molar-refractivity contribution in [3.63, 3.8) is 0 Å². The normalized spacial score (nSPS) is 11.6. The van der Waals surface area contributed by atoms with E-state index in [-0.39, 0.29) is 15.2 Å². The molecule has 0 aliphatic carbocycles. The maximum atomic E-state index is 12.4. The van der Waals surface area contributed by atoms with Gasteiger partial charge in [0.2, 0.25) is 5.88 Å². The molecule has 0 saturated carbocycles. The maximum Gasteiger partial charge on any atom is 0.264 e. The van der Waals surface area contributed by atoms with Crippen molar-refractivity contribution in [2.75, 3.05) is 4.72 Å². The van der Waals surface area contributed by atoms with Gasteiger partial charge in [-0.3, -0.25) is 19.5 Å². The molecule has 0 atom stereocenters. The van der Waals surface area contributed by atoms with Gasteiger partial charge in [0.1, 0.15) is 5.56 Å². The molecule has 0 fully saturated rings. The van der Waals surface area contributed by atoms with Crippen molar-refractivity contribution in [2.45, 2.75) is 4.90 Å². The first kappa shape index (κ1) is 20.0. The fourth-order valence-electron chi connectivity index (χ4n) is 2.19. The molecule has 0 aliphatic rings. The SMILES string of the molecule is O=c1[nH]c(=S)[nH]c(O)c1C=Nc1ccc(S(=O)(=O)Nc2ccc(Br)cc2)cc1. The van der Waals surface area contributed by atoms with Gasteiger partial charge < -0.3 is 10.1 Å². The number of sulfonamides is 1. The number of hydrogen-bond donors (Lipinski definition) is 4. The highest BCUT2D eigenvalue weighted by molar-refractivity contribution is 9.10. The molecule has 144 valence electrons. The number of nitrogens with zero attached hydrogens (tertiary/aromatic N) is 1. The van der Waals surface area contributed by atoms with E-state index in [1.165, 1.54) is 24.3 Å². The largest absolute Gasteiger partial charge is 0.494 e. The number of nitrogens with one attached hydrogen (secondary N) is 3. The lowest BCUT2D eigenvalue weighted by atomic mass is 10.3. The predicted octanol–water partition coefficient (Wildman–Crippen LogP) is 3.45. The molecule has 0 unspecified atom stereocenters. The Labute approximate surface area is 173 Å². The van der Waals surface area contributed by atoms with Crippen LogP contribution < -0.4 is 10.3 Å². The molecule has 0 bridgehead atoms. The number of aromatic nitrogens is 2. The molecule has 0 saturated heterocycles. The third-order valence-corrected chi connectivity index (χ3v) is 5.67. The molecule has 4 N–H and O–H groups in total. The van der Waals surface area contributed by atoms with Crippen LogP contribution in [0.3, 0.4) is 0 Å². The Morgan fingerprint density at radius 2 is 1.71 bits per heavy atom. The topological polar surface area (TPSA) is 127 Å². The number of rotatable bonds is 5. The zero-order valence-electron chi connectivity index (χ0n) is 14.0. The van der Waals surface area contributed by atoms with Crippen LogP contribution in [0.25, 0.3) is 0 Å². The number of H-pyrrole nitrogens is 2. The van der Waals surface area contributed by atoms with Crippen molar-refractivity contribution < 1.29 is 13.5 Å². The highest BCUT2D eigenvalue weighted by Gasteiger charge is 2.14. The summed E-state index contributed by atoms with van der Waals surface area (Å²) >= 11 is 8.03. The van der Waals surface area contributed by atoms with Crippen LogP contribution >= 0.6 is 28.1 Å². The lowest BCUT2D eigenvalue weighted by Crippen LogP contribution is -2.13. The van der Waals surface area contributed by atoms with Crippen molar-refractivity contribution in [3.05, 3.63) is 73.7 Å². The second-order valence-electron chi connectivity index (χ2n) is 5.54. The van der Waals surface area contributed by atoms with E-state index in [1.54, 1.807) is 24.3 Å². The van der Waals surface area contributed by atoms with E-state index in [1.807, 2.05) is 0 Å². The number of halogens is 1. The Kier molecular flexibility index (Phi) is 5.77. The lowest BCUT2D eigenvalue weighted by Gasteiger charge is -2.08. The second-order valence-corrected chi connectivity index (χ2v) is 8.54. The van der Waals surface area contributed by atoms with Crippen molar-refractivity contribution in [1.29, 1.82) is 0 Å². The fraction of sp³-hybridized carbons (Fsp3) is 0. The average molecular weight is 481 g/mol. The van der Waals surface area contributed by atoms with Gasteiger partial charge in [-0.15, -0.1) is 0 Å². The third kappa shape index (κ3) is 4.74. The summed E-state index contributed by atoms with van der Waals surface area (Å²) in [4.78, 5) is 20.6. The van der Waals surface area contributed by atoms with Crippen LogP contribution in [0, 0.1) is 4.77 Å². The van der Waals surface area contributed by atoms with Crippen molar-refractivity contribution in [3.8, 4) is 5.88 Å². The van der Waals surface area contributed by atoms with Crippen LogP contribution in [0.5, 0.6) is 5.88 Å². The molecule has 0 radical (unpaired) electrons. The van der Waals surface area contributed by atoms with Crippen LogP contribution in [0.15, 0.2) is 67.7 Å². The predicted molar refractivity (Wildman–Crippen MR) is 113 cm³/mol. The van der Waals surface area contributed by atoms with Gasteiger partial charge in [0, 0.05) is 16.4 Å². The van der Waals surface area contributed by atoms with E-state index >= 15 is 0 Å². The summed E-state index contributed by atoms with van der Waals surface area (Å²) in [5.41, 5.74) is 0.135. The molecule has 2 aromatic carbocycles. The molecule has 0 amide bonds. The Balaban J connectivity index is 1.80. The van der Waals surface area contributed by atoms with Crippen LogP contribution in [0.4, 0.5) is 11.4 Å². The molecule has 1 aromatic heterocycles. The molecule has 0 aliphatic heterocycles. The Bertz CT molecular complexity index is 1250. The zero-order valence-corrected chi connectivity index (χ0v) is 17.2. The third-order valence-electron chi connectivity index (χ3n) is 3.54. The molecule has 1 heterocycles. The number of aromatic amines is 2. The van der Waals surface area contributed by atoms with E-state index < -0.39 is 21.5 Å². The van der Waals surface area contributed by atoms with E-state index in [0.717, 1.165) is 10.7 Å². The van der Waals surface area contributed by atoms with E-state index in [2.05, 4.69) is 35.6 Å². The van der Waals surface area contributed by atoms with Crippen LogP contribution in [-0.4, -0.2) is 29.7 Å². The number of aliphatic imine (C=N–C) groups is 1. The summed E-state index contributed by atoms with van der Waals surface area (Å²) in [5.74, 6) is -0.407. The minimum absolute atomic E-state index is 0.00696. The number of anilines is 1. The van der Waals surface area contributed by atoms with Crippen molar-refractivity contribution in [1.82, 2.24) is 9.97 Å². The van der Waals surface area contributed by atoms with E-state index in [9.17, 15) is 18.3 Å². The second kappa shape index (κ2) is 8.09. The van der Waals surface area contributed by atoms with E-state index in [4.69, 9.17) is 12.2 Å². The van der Waals surface area contributed by atoms with E-state index in [0.29, 0.717) is 11.4 Å². The molecule has 28 heavy (non-hydrogen) atoms. The summed E-state index contributed by atoms with van der Waals surface area (Å²) in [5, 5.41) is 9.73. The first-order valence-corrected chi connectivity index (χ1v) is 10.4. The van der Waals surface area contributed by atoms with Gasteiger partial charge in [-0.2, -0.15) is 0 Å². The average Bonchev–Trinajstić information content (AvgIpc) is 2.63. The Morgan fingerprint density at radius 3 is 2.32 bits per heavy atom. The molecule has 11 heteroatoms. The van der Waals surface area contributed by atoms with Crippen molar-refractivity contribution >= 4 is 55.8 Å². The first-order chi connectivity index (χ1) is 13.2. The van der Waals surface area contributed by atoms with Crippen molar-refractivity contribution in [2.24, 2.45) is 4.99 Å². The van der Waals surface area contributed by atoms with Gasteiger partial charge in [-0.25, -0.2) is 8.42 Å². The summed E-state index contributed by atoms with van der Waals surface area (Å²) < 4.78 is 28.2. The Morgan fingerprint density at radius 1 is 1.07 bits per heavy atom. The van der Waals surface area contributed by atoms with Gasteiger partial charge >= 0.3 is 0 Å². The molecule has 3 rings (SSSR count). The van der Waals surface area contributed by atoms with Crippen LogP contribution in [0.1, 0.15) is 5.56 Å². The summed E-state index contributed by atoms with van der Waals surface area (Å²) in [6, 6.07) is 12.4. The maximum absolute atomic E-state index is 12.4. The van der Waals surface area contributed by atoms with Crippen LogP contribution in [-0.2, 0) is 10.0 Å². The Hall–Kier alpha value is -2.76. The molecule has 0 spiro atoms. The number of hydrogen-bond acceptors (Lipinski definition) is 6. The molecule has 8 nitrogen and oxygen atoms in total. The molecular weight excluding hydrogens is 468 g/mol. The lowest BCUT2D eigenvalue weighted by molar-refractivity contribution is 0.449. The van der Waals surface area contributed by atoms with Gasteiger partial charge in [0.25, 0.3) is 15.6 Å². The fourth-order valence-corrected chi connectivity index (χ4v) is 3.70. The highest BCUT2D eigenvalue weighted by atomic mass is 79.9. The summed E-state index contributed by atoms with van der Waals surface area (Å²) in [6.07, 6.45) is 1.16. The smallest absolute Gasteiger partial charge is 0.264 e. The molecular formula is C17H13BrN4O4S2. The minimum Gasteiger partial charge on any atom is -0.494 e. The zero-order chi connectivity index (χ0) is 20.3. The number of benzene rings is 2. The summed E-state index contributed by atoms with van der Waals surface area (Å²) in [7, 11) is -3.76. The standard InChI is InChI=1S/C17H13BrN4O4S2/c18-10-1-3-12(4-2-10)22-28(25,26)13-7-5-11(6-8-13)19-9-14-15(23)20-17(27)21-16(14)24/h1-9,22H,(H3,20,21,23,24,27). The number of aromatic hydroxyl groups is 1. The van der Waals surface area contributed by atoms with Gasteiger partial charge in [-0.1, -0.05) is 15.9 Å². The van der Waals surface area contributed by atoms with Gasteiger partial charge in [0.05, 0.1) is 10.6 Å². The first-order valence-electron chi connectivity index (χ1n) is 7.73. The monoisotopic (exact) mass is 480 g/mol. The quantitative estimate of drug-likeness (QED) is 0.328. The van der Waals surface area contributed by atoms with Crippen LogP contribution in [0.2, 0.25) is 0 Å². The minimum atomic E-state index is -3.76. The molecule has 3 aromatic rings. The summed E-state index contributed by atoms with van der Waals surface area (Å²) in [6.45, 7) is 0. The van der Waals surface area contributed by atoms with Gasteiger partial charge in [-0.05, 0) is 60.7 Å². The highest BCUT2D eigenvalue weighted by Crippen LogP contribution is 2.21.